The quantitative estimate of drug-likeness (QED) is 0.450. The summed E-state index contributed by atoms with van der Waals surface area (Å²) in [5.41, 5.74) is 1.30. The highest BCUT2D eigenvalue weighted by Gasteiger charge is 2.39. The maximum Gasteiger partial charge on any atom is 0.573 e. The van der Waals surface area contributed by atoms with Gasteiger partial charge in [0.1, 0.15) is 17.6 Å². The third kappa shape index (κ3) is 5.85. The second-order valence-corrected chi connectivity index (χ2v) is 10.1. The van der Waals surface area contributed by atoms with Gasteiger partial charge >= 0.3 is 6.36 Å². The van der Waals surface area contributed by atoms with Crippen LogP contribution < -0.4 is 10.1 Å². The summed E-state index contributed by atoms with van der Waals surface area (Å²) < 4.78 is 82.8. The van der Waals surface area contributed by atoms with E-state index in [1.807, 2.05) is 0 Å². The van der Waals surface area contributed by atoms with Crippen molar-refractivity contribution in [2.24, 2.45) is 0 Å². The van der Waals surface area contributed by atoms with Gasteiger partial charge in [0.05, 0.1) is 4.90 Å². The number of carbonyl (C=O) groups is 1. The van der Waals surface area contributed by atoms with Crippen molar-refractivity contribution in [3.63, 3.8) is 0 Å². The van der Waals surface area contributed by atoms with Crippen molar-refractivity contribution < 1.29 is 35.5 Å². The molecular formula is C25H22F4N2O4S. The van der Waals surface area contributed by atoms with Gasteiger partial charge in [0, 0.05) is 18.7 Å². The van der Waals surface area contributed by atoms with Gasteiger partial charge in [0.25, 0.3) is 0 Å². The summed E-state index contributed by atoms with van der Waals surface area (Å²) in [6, 6.07) is 15.8. The van der Waals surface area contributed by atoms with Gasteiger partial charge in [0.15, 0.2) is 0 Å². The van der Waals surface area contributed by atoms with Crippen molar-refractivity contribution in [3.8, 4) is 16.9 Å². The van der Waals surface area contributed by atoms with Crippen LogP contribution in [0.25, 0.3) is 11.1 Å². The van der Waals surface area contributed by atoms with Gasteiger partial charge in [-0.2, -0.15) is 4.31 Å². The van der Waals surface area contributed by atoms with Crippen molar-refractivity contribution >= 4 is 15.9 Å². The number of ether oxygens (including phenoxy) is 1. The van der Waals surface area contributed by atoms with Gasteiger partial charge in [-0.1, -0.05) is 36.4 Å². The molecule has 0 radical (unpaired) electrons. The number of amides is 1. The average molecular weight is 523 g/mol. The number of rotatable bonds is 7. The first kappa shape index (κ1) is 25.6. The second-order valence-electron chi connectivity index (χ2n) is 8.19. The lowest BCUT2D eigenvalue weighted by Crippen LogP contribution is -2.45. The lowest BCUT2D eigenvalue weighted by atomic mass is 10.0. The van der Waals surface area contributed by atoms with Crippen LogP contribution in [0.3, 0.4) is 0 Å². The third-order valence-electron chi connectivity index (χ3n) is 5.74. The molecule has 1 amide bonds. The smallest absolute Gasteiger partial charge is 0.405 e. The molecule has 1 saturated heterocycles. The van der Waals surface area contributed by atoms with Gasteiger partial charge in [0.2, 0.25) is 15.9 Å². The van der Waals surface area contributed by atoms with Gasteiger partial charge < -0.3 is 10.1 Å². The lowest BCUT2D eigenvalue weighted by molar-refractivity contribution is -0.274. The van der Waals surface area contributed by atoms with Crippen molar-refractivity contribution in [3.05, 3.63) is 84.2 Å². The molecule has 1 N–H and O–H groups in total. The number of benzene rings is 3. The second kappa shape index (κ2) is 10.3. The van der Waals surface area contributed by atoms with Crippen molar-refractivity contribution in [2.75, 3.05) is 6.54 Å². The Bertz CT molecular complexity index is 1340. The van der Waals surface area contributed by atoms with Gasteiger partial charge in [-0.3, -0.25) is 4.79 Å². The fraction of sp³-hybridized carbons (Fsp3) is 0.240. The highest BCUT2D eigenvalue weighted by atomic mass is 32.2. The van der Waals surface area contributed by atoms with Crippen LogP contribution in [0, 0.1) is 5.82 Å². The minimum absolute atomic E-state index is 0.0376. The van der Waals surface area contributed by atoms with E-state index in [2.05, 4.69) is 10.1 Å². The van der Waals surface area contributed by atoms with Gasteiger partial charge in [-0.15, -0.1) is 13.2 Å². The minimum Gasteiger partial charge on any atom is -0.405 e. The number of nitrogens with one attached hydrogen (secondary N) is 1. The summed E-state index contributed by atoms with van der Waals surface area (Å²) in [7, 11) is -4.00. The van der Waals surface area contributed by atoms with E-state index in [0.29, 0.717) is 24.0 Å². The van der Waals surface area contributed by atoms with Crippen LogP contribution in [0.15, 0.2) is 77.7 Å². The number of nitrogens with zero attached hydrogens (tertiary/aromatic N) is 1. The van der Waals surface area contributed by atoms with Crippen molar-refractivity contribution in [2.45, 2.75) is 36.7 Å². The molecular weight excluding hydrogens is 500 g/mol. The number of hydrogen-bond acceptors (Lipinski definition) is 4. The van der Waals surface area contributed by atoms with E-state index in [4.69, 9.17) is 0 Å². The number of alkyl halides is 3. The Morgan fingerprint density at radius 2 is 1.75 bits per heavy atom. The lowest BCUT2D eigenvalue weighted by Gasteiger charge is -2.23. The molecule has 11 heteroatoms. The molecule has 36 heavy (non-hydrogen) atoms. The number of para-hydroxylation sites is 1. The number of halogens is 4. The van der Waals surface area contributed by atoms with E-state index in [0.717, 1.165) is 28.6 Å². The maximum atomic E-state index is 13.2. The SMILES string of the molecule is O=C(NCc1cccc(-c2ccccc2OC(F)(F)F)c1)C1CCCN1S(=O)(=O)c1ccc(F)cc1. The molecule has 1 aliphatic heterocycles. The molecule has 0 bridgehead atoms. The van der Waals surface area contributed by atoms with Gasteiger partial charge in [-0.05, 0) is 60.4 Å². The van der Waals surface area contributed by atoms with E-state index in [-0.39, 0.29) is 29.3 Å². The van der Waals surface area contributed by atoms with Crippen LogP contribution in [-0.4, -0.2) is 37.6 Å². The summed E-state index contributed by atoms with van der Waals surface area (Å²) in [5.74, 6) is -1.41. The maximum absolute atomic E-state index is 13.2. The Hall–Kier alpha value is -3.44. The Morgan fingerprint density at radius 3 is 2.47 bits per heavy atom. The Morgan fingerprint density at radius 1 is 1.03 bits per heavy atom. The van der Waals surface area contributed by atoms with E-state index < -0.39 is 34.2 Å². The first-order valence-corrected chi connectivity index (χ1v) is 12.5. The molecule has 1 aliphatic rings. The van der Waals surface area contributed by atoms with Gasteiger partial charge in [-0.25, -0.2) is 12.8 Å². The first-order chi connectivity index (χ1) is 17.0. The highest BCUT2D eigenvalue weighted by molar-refractivity contribution is 7.89. The summed E-state index contributed by atoms with van der Waals surface area (Å²) in [6.07, 6.45) is -4.03. The Balaban J connectivity index is 1.47. The standard InChI is InChI=1S/C25H22F4N2O4S/c26-19-10-12-20(13-11-19)36(33,34)31-14-4-8-22(31)24(32)30-16-17-5-3-6-18(15-17)21-7-1-2-9-23(21)35-25(27,28)29/h1-3,5-7,9-13,15,22H,4,8,14,16H2,(H,30,32). The molecule has 1 unspecified atom stereocenters. The molecule has 0 saturated carbocycles. The summed E-state index contributed by atoms with van der Waals surface area (Å²) in [5, 5.41) is 2.72. The number of sulfonamides is 1. The molecule has 190 valence electrons. The zero-order valence-electron chi connectivity index (χ0n) is 18.8. The van der Waals surface area contributed by atoms with Crippen molar-refractivity contribution in [1.82, 2.24) is 9.62 Å². The van der Waals surface area contributed by atoms with Crippen LogP contribution in [0.4, 0.5) is 17.6 Å². The first-order valence-electron chi connectivity index (χ1n) is 11.0. The van der Waals surface area contributed by atoms with E-state index in [1.165, 1.54) is 18.2 Å². The van der Waals surface area contributed by atoms with Crippen molar-refractivity contribution in [1.29, 1.82) is 0 Å². The van der Waals surface area contributed by atoms with Crippen LogP contribution >= 0.6 is 0 Å². The van der Waals surface area contributed by atoms with E-state index in [1.54, 1.807) is 30.3 Å². The predicted molar refractivity (Wildman–Crippen MR) is 124 cm³/mol. The predicted octanol–water partition coefficient (Wildman–Crippen LogP) is 4.86. The van der Waals surface area contributed by atoms with E-state index >= 15 is 0 Å². The Labute approximate surface area is 205 Å². The number of hydrogen-bond donors (Lipinski definition) is 1. The highest BCUT2D eigenvalue weighted by Crippen LogP contribution is 2.34. The zero-order chi connectivity index (χ0) is 25.9. The number of carbonyl (C=O) groups excluding carboxylic acids is 1. The topological polar surface area (TPSA) is 75.7 Å². The third-order valence-corrected chi connectivity index (χ3v) is 7.67. The summed E-state index contributed by atoms with van der Waals surface area (Å²) in [6.45, 7) is 0.194. The fourth-order valence-corrected chi connectivity index (χ4v) is 5.76. The summed E-state index contributed by atoms with van der Waals surface area (Å²) in [4.78, 5) is 12.8. The minimum atomic E-state index is -4.84. The molecule has 0 aliphatic carbocycles. The monoisotopic (exact) mass is 522 g/mol. The molecule has 1 atom stereocenters. The van der Waals surface area contributed by atoms with Crippen LogP contribution in [0.5, 0.6) is 5.75 Å². The molecule has 4 rings (SSSR count). The van der Waals surface area contributed by atoms with E-state index in [9.17, 15) is 30.8 Å². The summed E-state index contributed by atoms with van der Waals surface area (Å²) >= 11 is 0. The molecule has 0 spiro atoms. The van der Waals surface area contributed by atoms with Crippen LogP contribution in [-0.2, 0) is 21.4 Å². The molecule has 3 aromatic rings. The molecule has 6 nitrogen and oxygen atoms in total. The Kier molecular flexibility index (Phi) is 7.32. The van der Waals surface area contributed by atoms with Crippen LogP contribution in [0.1, 0.15) is 18.4 Å². The largest absolute Gasteiger partial charge is 0.573 e. The molecule has 0 aromatic heterocycles. The van der Waals surface area contributed by atoms with Crippen LogP contribution in [0.2, 0.25) is 0 Å². The zero-order valence-corrected chi connectivity index (χ0v) is 19.7. The fourth-order valence-electron chi connectivity index (χ4n) is 4.11. The molecule has 3 aromatic carbocycles. The molecule has 1 heterocycles. The normalized spacial score (nSPS) is 16.6. The molecule has 1 fully saturated rings. The average Bonchev–Trinajstić information content (AvgIpc) is 3.34.